The fourth-order valence-corrected chi connectivity index (χ4v) is 4.64. The lowest BCUT2D eigenvalue weighted by Crippen LogP contribution is -2.26. The maximum atomic E-state index is 4.87. The summed E-state index contributed by atoms with van der Waals surface area (Å²) in [4.78, 5) is 7.34. The highest BCUT2D eigenvalue weighted by Crippen LogP contribution is 2.36. The number of nitrogens with zero attached hydrogens (tertiary/aromatic N) is 5. The summed E-state index contributed by atoms with van der Waals surface area (Å²) in [5.74, 6) is 0. The lowest BCUT2D eigenvalue weighted by Gasteiger charge is -2.22. The van der Waals surface area contributed by atoms with E-state index in [9.17, 15) is 0 Å². The largest absolute Gasteiger partial charge is 0.275 e. The molecule has 0 spiro atoms. The van der Waals surface area contributed by atoms with Crippen LogP contribution in [0.25, 0.3) is 21.3 Å². The average Bonchev–Trinajstić information content (AvgIpc) is 3.33. The van der Waals surface area contributed by atoms with Gasteiger partial charge in [-0.05, 0) is 37.1 Å². The molecular formula is C18H17N5S. The molecule has 0 amide bonds. The van der Waals surface area contributed by atoms with Crippen molar-refractivity contribution in [3.63, 3.8) is 0 Å². The highest BCUT2D eigenvalue weighted by Gasteiger charge is 2.29. The van der Waals surface area contributed by atoms with Gasteiger partial charge < -0.3 is 0 Å². The van der Waals surface area contributed by atoms with Crippen molar-refractivity contribution < 1.29 is 0 Å². The van der Waals surface area contributed by atoms with Gasteiger partial charge in [0, 0.05) is 6.54 Å². The summed E-state index contributed by atoms with van der Waals surface area (Å²) in [6, 6.07) is 16.9. The zero-order valence-electron chi connectivity index (χ0n) is 13.2. The molecule has 3 heterocycles. The molecule has 2 aromatic carbocycles. The summed E-state index contributed by atoms with van der Waals surface area (Å²) in [6.07, 6.45) is 2.36. The first-order chi connectivity index (χ1) is 11.9. The third-order valence-electron chi connectivity index (χ3n) is 4.69. The lowest BCUT2D eigenvalue weighted by molar-refractivity contribution is 0.193. The molecule has 5 rings (SSSR count). The van der Waals surface area contributed by atoms with Gasteiger partial charge in [0.05, 0.1) is 28.4 Å². The van der Waals surface area contributed by atoms with Crippen LogP contribution in [0.15, 0.2) is 48.5 Å². The highest BCUT2D eigenvalue weighted by atomic mass is 32.1. The van der Waals surface area contributed by atoms with Gasteiger partial charge >= 0.3 is 0 Å². The van der Waals surface area contributed by atoms with E-state index in [1.165, 1.54) is 16.1 Å². The van der Waals surface area contributed by atoms with E-state index in [1.54, 1.807) is 0 Å². The molecular weight excluding hydrogens is 318 g/mol. The normalized spacial score (nSPS) is 18.8. The maximum absolute atomic E-state index is 4.87. The van der Waals surface area contributed by atoms with Crippen LogP contribution in [0.3, 0.4) is 0 Å². The number of thiazole rings is 1. The monoisotopic (exact) mass is 335 g/mol. The van der Waals surface area contributed by atoms with Crippen LogP contribution in [0, 0.1) is 0 Å². The van der Waals surface area contributed by atoms with E-state index in [4.69, 9.17) is 4.98 Å². The number of aromatic nitrogens is 4. The molecule has 1 saturated heterocycles. The predicted octanol–water partition coefficient (Wildman–Crippen LogP) is 3.84. The van der Waals surface area contributed by atoms with Crippen molar-refractivity contribution in [3.8, 4) is 0 Å². The first-order valence-electron chi connectivity index (χ1n) is 8.26. The molecule has 0 aliphatic carbocycles. The van der Waals surface area contributed by atoms with Gasteiger partial charge in [-0.15, -0.1) is 16.4 Å². The Bertz CT molecular complexity index is 972. The molecule has 1 fully saturated rings. The summed E-state index contributed by atoms with van der Waals surface area (Å²) in [5, 5.41) is 9.82. The van der Waals surface area contributed by atoms with Crippen LogP contribution in [-0.2, 0) is 6.67 Å². The van der Waals surface area contributed by atoms with Crippen molar-refractivity contribution >= 4 is 32.6 Å². The summed E-state index contributed by atoms with van der Waals surface area (Å²) in [6.45, 7) is 1.84. The van der Waals surface area contributed by atoms with Gasteiger partial charge in [0.15, 0.2) is 0 Å². The van der Waals surface area contributed by atoms with Gasteiger partial charge in [0.2, 0.25) is 0 Å². The molecule has 0 radical (unpaired) electrons. The summed E-state index contributed by atoms with van der Waals surface area (Å²) < 4.78 is 3.27. The van der Waals surface area contributed by atoms with Crippen molar-refractivity contribution in [2.45, 2.75) is 25.6 Å². The molecule has 1 aliphatic heterocycles. The zero-order valence-corrected chi connectivity index (χ0v) is 14.0. The van der Waals surface area contributed by atoms with Crippen LogP contribution >= 0.6 is 11.3 Å². The molecule has 24 heavy (non-hydrogen) atoms. The summed E-state index contributed by atoms with van der Waals surface area (Å²) in [7, 11) is 0. The first-order valence-corrected chi connectivity index (χ1v) is 9.08. The molecule has 4 aromatic rings. The molecule has 0 saturated carbocycles. The summed E-state index contributed by atoms with van der Waals surface area (Å²) in [5.41, 5.74) is 3.15. The second-order valence-electron chi connectivity index (χ2n) is 6.21. The topological polar surface area (TPSA) is 46.8 Å². The smallest absolute Gasteiger partial charge is 0.113 e. The molecule has 120 valence electrons. The van der Waals surface area contributed by atoms with E-state index < -0.39 is 0 Å². The van der Waals surface area contributed by atoms with Crippen LogP contribution in [0.5, 0.6) is 0 Å². The van der Waals surface area contributed by atoms with Crippen LogP contribution in [0.1, 0.15) is 23.9 Å². The Hall–Kier alpha value is -2.31. The van der Waals surface area contributed by atoms with Crippen LogP contribution in [0.4, 0.5) is 0 Å². The molecule has 2 aromatic heterocycles. The molecule has 0 bridgehead atoms. The lowest BCUT2D eigenvalue weighted by atomic mass is 10.2. The zero-order chi connectivity index (χ0) is 15.9. The second kappa shape index (κ2) is 5.65. The third-order valence-corrected chi connectivity index (χ3v) is 5.83. The van der Waals surface area contributed by atoms with E-state index in [1.807, 2.05) is 34.2 Å². The maximum Gasteiger partial charge on any atom is 0.113 e. The fraction of sp³-hybridized carbons (Fsp3) is 0.278. The number of fused-ring (bicyclic) bond motifs is 2. The average molecular weight is 335 g/mol. The predicted molar refractivity (Wildman–Crippen MR) is 95.8 cm³/mol. The number of para-hydroxylation sites is 2. The Labute approximate surface area is 143 Å². The second-order valence-corrected chi connectivity index (χ2v) is 7.27. The van der Waals surface area contributed by atoms with E-state index in [0.717, 1.165) is 36.2 Å². The Morgan fingerprint density at radius 3 is 2.79 bits per heavy atom. The van der Waals surface area contributed by atoms with Crippen molar-refractivity contribution in [3.05, 3.63) is 53.5 Å². The Balaban J connectivity index is 1.46. The van der Waals surface area contributed by atoms with E-state index in [2.05, 4.69) is 45.5 Å². The number of benzene rings is 2. The van der Waals surface area contributed by atoms with Gasteiger partial charge in [-0.2, -0.15) is 0 Å². The number of hydrogen-bond donors (Lipinski definition) is 0. The summed E-state index contributed by atoms with van der Waals surface area (Å²) >= 11 is 1.82. The van der Waals surface area contributed by atoms with Gasteiger partial charge in [0.25, 0.3) is 0 Å². The van der Waals surface area contributed by atoms with Crippen molar-refractivity contribution in [1.29, 1.82) is 0 Å². The standard InChI is InChI=1S/C18H17N5S/c1-3-8-15-13(6-1)20-21-23(15)12-22-11-5-9-16(22)18-19-14-7-2-4-10-17(14)24-18/h1-4,6-8,10,16H,5,9,11-12H2. The SMILES string of the molecule is c1ccc2sc(C3CCCN3Cn3nnc4ccccc43)nc2c1. The molecule has 6 heteroatoms. The molecule has 1 aliphatic rings. The Morgan fingerprint density at radius 1 is 1.04 bits per heavy atom. The third kappa shape index (κ3) is 2.30. The van der Waals surface area contributed by atoms with Crippen molar-refractivity contribution in [1.82, 2.24) is 24.9 Å². The highest BCUT2D eigenvalue weighted by molar-refractivity contribution is 7.18. The first kappa shape index (κ1) is 14.1. The number of hydrogen-bond acceptors (Lipinski definition) is 5. The van der Waals surface area contributed by atoms with Crippen LogP contribution < -0.4 is 0 Å². The van der Waals surface area contributed by atoms with Gasteiger partial charge in [-0.3, -0.25) is 4.90 Å². The molecule has 0 N–H and O–H groups in total. The van der Waals surface area contributed by atoms with Crippen LogP contribution in [-0.4, -0.2) is 31.4 Å². The minimum absolute atomic E-state index is 0.380. The Kier molecular flexibility index (Phi) is 3.31. The van der Waals surface area contributed by atoms with Gasteiger partial charge in [0.1, 0.15) is 10.5 Å². The minimum atomic E-state index is 0.380. The van der Waals surface area contributed by atoms with Gasteiger partial charge in [-0.1, -0.05) is 29.5 Å². The van der Waals surface area contributed by atoms with E-state index in [0.29, 0.717) is 6.04 Å². The van der Waals surface area contributed by atoms with Crippen LogP contribution in [0.2, 0.25) is 0 Å². The van der Waals surface area contributed by atoms with Gasteiger partial charge in [-0.25, -0.2) is 9.67 Å². The number of likely N-dealkylation sites (tertiary alicyclic amines) is 1. The number of rotatable bonds is 3. The molecule has 1 atom stereocenters. The quantitative estimate of drug-likeness (QED) is 0.571. The van der Waals surface area contributed by atoms with Crippen molar-refractivity contribution in [2.24, 2.45) is 0 Å². The molecule has 5 nitrogen and oxygen atoms in total. The van der Waals surface area contributed by atoms with Crippen molar-refractivity contribution in [2.75, 3.05) is 6.54 Å². The minimum Gasteiger partial charge on any atom is -0.275 e. The molecule has 1 unspecified atom stereocenters. The fourth-order valence-electron chi connectivity index (χ4n) is 3.50. The van der Waals surface area contributed by atoms with E-state index in [-0.39, 0.29) is 0 Å². The Morgan fingerprint density at radius 2 is 1.88 bits per heavy atom. The van der Waals surface area contributed by atoms with E-state index >= 15 is 0 Å².